The average Bonchev–Trinajstić information content (AvgIpc) is 3.28. The molecule has 0 radical (unpaired) electrons. The number of methoxy groups -OCH3 is 1. The SMILES string of the molecule is COc1ccc(CNC2CCCCCCC2)c2cc(C(=O)NCCCc3ccccc3)oc12. The Balaban J connectivity index is 1.39. The Bertz CT molecular complexity index is 1020. The molecule has 0 saturated heterocycles. The minimum atomic E-state index is -0.180. The van der Waals surface area contributed by atoms with E-state index in [0.717, 1.165) is 30.3 Å². The normalized spacial score (nSPS) is 15.2. The molecule has 1 fully saturated rings. The lowest BCUT2D eigenvalue weighted by Gasteiger charge is -2.21. The predicted molar refractivity (Wildman–Crippen MR) is 133 cm³/mol. The summed E-state index contributed by atoms with van der Waals surface area (Å²) in [6, 6.07) is 16.7. The smallest absolute Gasteiger partial charge is 0.287 e. The van der Waals surface area contributed by atoms with E-state index in [1.807, 2.05) is 30.3 Å². The Morgan fingerprint density at radius 1 is 1.03 bits per heavy atom. The van der Waals surface area contributed by atoms with Crippen LogP contribution in [0.2, 0.25) is 0 Å². The van der Waals surface area contributed by atoms with Crippen LogP contribution in [0, 0.1) is 0 Å². The van der Waals surface area contributed by atoms with Crippen molar-refractivity contribution in [1.29, 1.82) is 0 Å². The molecule has 0 aliphatic heterocycles. The third-order valence-corrected chi connectivity index (χ3v) is 6.64. The highest BCUT2D eigenvalue weighted by molar-refractivity contribution is 5.98. The van der Waals surface area contributed by atoms with Crippen molar-refractivity contribution in [2.45, 2.75) is 70.4 Å². The van der Waals surface area contributed by atoms with Gasteiger partial charge >= 0.3 is 0 Å². The maximum atomic E-state index is 12.8. The van der Waals surface area contributed by atoms with E-state index in [1.54, 1.807) is 7.11 Å². The first-order valence-corrected chi connectivity index (χ1v) is 12.4. The van der Waals surface area contributed by atoms with Crippen LogP contribution in [0.3, 0.4) is 0 Å². The summed E-state index contributed by atoms with van der Waals surface area (Å²) in [4.78, 5) is 12.8. The number of nitrogens with one attached hydrogen (secondary N) is 2. The van der Waals surface area contributed by atoms with Crippen molar-refractivity contribution in [3.8, 4) is 5.75 Å². The zero-order valence-electron chi connectivity index (χ0n) is 19.7. The second kappa shape index (κ2) is 11.9. The Labute approximate surface area is 196 Å². The van der Waals surface area contributed by atoms with E-state index in [4.69, 9.17) is 9.15 Å². The predicted octanol–water partition coefficient (Wildman–Crippen LogP) is 6.01. The first-order valence-electron chi connectivity index (χ1n) is 12.4. The third kappa shape index (κ3) is 6.38. The molecule has 5 nitrogen and oxygen atoms in total. The minimum Gasteiger partial charge on any atom is -0.493 e. The van der Waals surface area contributed by atoms with E-state index in [0.29, 0.717) is 29.7 Å². The average molecular weight is 449 g/mol. The Morgan fingerprint density at radius 2 is 1.79 bits per heavy atom. The zero-order chi connectivity index (χ0) is 22.9. The van der Waals surface area contributed by atoms with E-state index in [2.05, 4.69) is 28.8 Å². The van der Waals surface area contributed by atoms with Gasteiger partial charge in [-0.2, -0.15) is 0 Å². The monoisotopic (exact) mass is 448 g/mol. The lowest BCUT2D eigenvalue weighted by Crippen LogP contribution is -2.29. The highest BCUT2D eigenvalue weighted by atomic mass is 16.5. The molecule has 0 unspecified atom stereocenters. The maximum absolute atomic E-state index is 12.8. The quantitative estimate of drug-likeness (QED) is 0.394. The van der Waals surface area contributed by atoms with Gasteiger partial charge in [0.15, 0.2) is 17.1 Å². The number of carbonyl (C=O) groups is 1. The van der Waals surface area contributed by atoms with Crippen molar-refractivity contribution in [2.75, 3.05) is 13.7 Å². The van der Waals surface area contributed by atoms with E-state index in [9.17, 15) is 4.79 Å². The molecule has 1 amide bonds. The van der Waals surface area contributed by atoms with Gasteiger partial charge in [-0.15, -0.1) is 0 Å². The standard InChI is InChI=1S/C28H36N2O3/c1-32-25-17-16-22(20-30-23-14-8-3-2-4-9-15-23)24-19-26(33-27(24)25)28(31)29-18-10-13-21-11-6-5-7-12-21/h5-7,11-12,16-17,19,23,30H,2-4,8-10,13-15,18,20H2,1H3,(H,29,31). The van der Waals surface area contributed by atoms with Crippen LogP contribution in [-0.2, 0) is 13.0 Å². The van der Waals surface area contributed by atoms with Gasteiger partial charge in [-0.3, -0.25) is 4.79 Å². The fraction of sp³-hybridized carbons (Fsp3) is 0.464. The summed E-state index contributed by atoms with van der Waals surface area (Å²) in [7, 11) is 1.63. The molecule has 1 heterocycles. The second-order valence-corrected chi connectivity index (χ2v) is 9.05. The zero-order valence-corrected chi connectivity index (χ0v) is 19.7. The number of rotatable bonds is 9. The number of ether oxygens (including phenoxy) is 1. The van der Waals surface area contributed by atoms with Crippen LogP contribution in [0.1, 0.15) is 73.0 Å². The number of hydrogen-bond donors (Lipinski definition) is 2. The molecule has 0 atom stereocenters. The van der Waals surface area contributed by atoms with Crippen molar-refractivity contribution in [3.05, 3.63) is 65.4 Å². The molecule has 3 aromatic rings. The first kappa shape index (κ1) is 23.4. The Kier molecular flexibility index (Phi) is 8.42. The summed E-state index contributed by atoms with van der Waals surface area (Å²) < 4.78 is 11.5. The molecule has 0 bridgehead atoms. The largest absolute Gasteiger partial charge is 0.493 e. The van der Waals surface area contributed by atoms with Gasteiger partial charge in [-0.25, -0.2) is 0 Å². The van der Waals surface area contributed by atoms with E-state index in [1.165, 1.54) is 50.5 Å². The molecule has 1 aliphatic rings. The van der Waals surface area contributed by atoms with Gasteiger partial charge in [-0.1, -0.05) is 68.5 Å². The van der Waals surface area contributed by atoms with Gasteiger partial charge in [0.2, 0.25) is 0 Å². The Morgan fingerprint density at radius 3 is 2.55 bits per heavy atom. The van der Waals surface area contributed by atoms with E-state index in [-0.39, 0.29) is 5.91 Å². The number of carbonyl (C=O) groups excluding carboxylic acids is 1. The molecule has 2 aromatic carbocycles. The molecule has 1 saturated carbocycles. The molecule has 1 aromatic heterocycles. The van der Waals surface area contributed by atoms with Crippen LogP contribution < -0.4 is 15.4 Å². The summed E-state index contributed by atoms with van der Waals surface area (Å²) >= 11 is 0. The van der Waals surface area contributed by atoms with Crippen molar-refractivity contribution in [3.63, 3.8) is 0 Å². The summed E-state index contributed by atoms with van der Waals surface area (Å²) in [5.41, 5.74) is 3.06. The fourth-order valence-corrected chi connectivity index (χ4v) is 4.72. The van der Waals surface area contributed by atoms with Crippen LogP contribution >= 0.6 is 0 Å². The van der Waals surface area contributed by atoms with E-state index >= 15 is 0 Å². The Hall–Kier alpha value is -2.79. The van der Waals surface area contributed by atoms with Crippen molar-refractivity contribution >= 4 is 16.9 Å². The van der Waals surface area contributed by atoms with Crippen LogP contribution in [-0.4, -0.2) is 25.6 Å². The highest BCUT2D eigenvalue weighted by Crippen LogP contribution is 2.32. The van der Waals surface area contributed by atoms with Gasteiger partial charge in [0.25, 0.3) is 5.91 Å². The number of hydrogen-bond acceptors (Lipinski definition) is 4. The highest BCUT2D eigenvalue weighted by Gasteiger charge is 2.18. The van der Waals surface area contributed by atoms with Gasteiger partial charge in [-0.05, 0) is 48.9 Å². The maximum Gasteiger partial charge on any atom is 0.287 e. The molecular weight excluding hydrogens is 412 g/mol. The van der Waals surface area contributed by atoms with Crippen LogP contribution in [0.4, 0.5) is 0 Å². The topological polar surface area (TPSA) is 63.5 Å². The number of furan rings is 1. The molecular formula is C28H36N2O3. The number of aryl methyl sites for hydroxylation is 1. The molecule has 4 rings (SSSR count). The molecule has 1 aliphatic carbocycles. The minimum absolute atomic E-state index is 0.180. The summed E-state index contributed by atoms with van der Waals surface area (Å²) in [5.74, 6) is 0.810. The molecule has 176 valence electrons. The number of benzene rings is 2. The van der Waals surface area contributed by atoms with Gasteiger partial charge in [0, 0.05) is 24.5 Å². The van der Waals surface area contributed by atoms with Crippen LogP contribution in [0.5, 0.6) is 5.75 Å². The van der Waals surface area contributed by atoms with E-state index < -0.39 is 0 Å². The fourth-order valence-electron chi connectivity index (χ4n) is 4.72. The molecule has 2 N–H and O–H groups in total. The number of amides is 1. The summed E-state index contributed by atoms with van der Waals surface area (Å²) in [5, 5.41) is 7.69. The summed E-state index contributed by atoms with van der Waals surface area (Å²) in [6.45, 7) is 1.38. The van der Waals surface area contributed by atoms with Gasteiger partial charge < -0.3 is 19.8 Å². The molecule has 5 heteroatoms. The lowest BCUT2D eigenvalue weighted by atomic mass is 9.96. The van der Waals surface area contributed by atoms with Gasteiger partial charge in [0.1, 0.15) is 0 Å². The third-order valence-electron chi connectivity index (χ3n) is 6.64. The molecule has 33 heavy (non-hydrogen) atoms. The van der Waals surface area contributed by atoms with Gasteiger partial charge in [0.05, 0.1) is 7.11 Å². The van der Waals surface area contributed by atoms with Crippen LogP contribution in [0.25, 0.3) is 11.0 Å². The van der Waals surface area contributed by atoms with Crippen molar-refractivity contribution in [2.24, 2.45) is 0 Å². The molecule has 0 spiro atoms. The lowest BCUT2D eigenvalue weighted by molar-refractivity contribution is 0.0927. The summed E-state index contributed by atoms with van der Waals surface area (Å²) in [6.07, 6.45) is 11.0. The van der Waals surface area contributed by atoms with Crippen LogP contribution in [0.15, 0.2) is 52.9 Å². The second-order valence-electron chi connectivity index (χ2n) is 9.05. The van der Waals surface area contributed by atoms with Crippen molar-refractivity contribution < 1.29 is 13.9 Å². The van der Waals surface area contributed by atoms with Crippen molar-refractivity contribution in [1.82, 2.24) is 10.6 Å². The first-order chi connectivity index (χ1) is 16.2. The number of fused-ring (bicyclic) bond motifs is 1.